The molecule has 0 saturated heterocycles. The standard InChI is InChI=1S/C5H8F2N2/c1-3(6)4(7)5(8)9-2/h1-2H3,(H2,8,9)/b4-3+. The van der Waals surface area contributed by atoms with E-state index in [9.17, 15) is 8.78 Å². The topological polar surface area (TPSA) is 38.4 Å². The van der Waals surface area contributed by atoms with Gasteiger partial charge >= 0.3 is 0 Å². The molecule has 0 aliphatic heterocycles. The van der Waals surface area contributed by atoms with E-state index in [1.807, 2.05) is 0 Å². The molecule has 0 spiro atoms. The zero-order valence-electron chi connectivity index (χ0n) is 5.28. The van der Waals surface area contributed by atoms with E-state index in [2.05, 4.69) is 4.99 Å². The molecule has 0 amide bonds. The van der Waals surface area contributed by atoms with E-state index in [0.717, 1.165) is 6.92 Å². The van der Waals surface area contributed by atoms with E-state index in [1.165, 1.54) is 7.05 Å². The number of hydrogen-bond donors (Lipinski definition) is 1. The van der Waals surface area contributed by atoms with Crippen LogP contribution in [0, 0.1) is 0 Å². The van der Waals surface area contributed by atoms with E-state index in [4.69, 9.17) is 5.73 Å². The number of nitrogens with zero attached hydrogens (tertiary/aromatic N) is 1. The molecular formula is C5H8F2N2. The van der Waals surface area contributed by atoms with Gasteiger partial charge in [0.05, 0.1) is 0 Å². The Kier molecular flexibility index (Phi) is 2.84. The number of hydrogen-bond acceptors (Lipinski definition) is 1. The van der Waals surface area contributed by atoms with E-state index < -0.39 is 17.5 Å². The summed E-state index contributed by atoms with van der Waals surface area (Å²) in [7, 11) is 1.29. The van der Waals surface area contributed by atoms with Crippen LogP contribution in [0.25, 0.3) is 0 Å². The monoisotopic (exact) mass is 134 g/mol. The van der Waals surface area contributed by atoms with E-state index >= 15 is 0 Å². The van der Waals surface area contributed by atoms with Gasteiger partial charge in [-0.1, -0.05) is 0 Å². The maximum Gasteiger partial charge on any atom is 0.195 e. The van der Waals surface area contributed by atoms with Crippen molar-refractivity contribution >= 4 is 5.84 Å². The van der Waals surface area contributed by atoms with Crippen LogP contribution in [-0.4, -0.2) is 12.9 Å². The molecule has 0 aliphatic rings. The van der Waals surface area contributed by atoms with Crippen LogP contribution in [0.3, 0.4) is 0 Å². The third-order valence-electron chi connectivity index (χ3n) is 0.768. The minimum absolute atomic E-state index is 0.407. The highest BCUT2D eigenvalue weighted by atomic mass is 19.2. The molecule has 0 rings (SSSR count). The molecule has 9 heavy (non-hydrogen) atoms. The summed E-state index contributed by atoms with van der Waals surface area (Å²) in [6.07, 6.45) is 0. The van der Waals surface area contributed by atoms with Crippen LogP contribution in [-0.2, 0) is 0 Å². The highest BCUT2D eigenvalue weighted by molar-refractivity contribution is 5.95. The summed E-state index contributed by atoms with van der Waals surface area (Å²) in [5.41, 5.74) is 4.89. The van der Waals surface area contributed by atoms with Gasteiger partial charge in [-0.15, -0.1) is 0 Å². The lowest BCUT2D eigenvalue weighted by atomic mass is 10.4. The zero-order valence-corrected chi connectivity index (χ0v) is 5.28. The zero-order chi connectivity index (χ0) is 7.44. The first-order chi connectivity index (χ1) is 4.09. The minimum Gasteiger partial charge on any atom is -0.381 e. The maximum absolute atomic E-state index is 12.2. The van der Waals surface area contributed by atoms with Crippen molar-refractivity contribution in [1.82, 2.24) is 0 Å². The van der Waals surface area contributed by atoms with Crippen molar-refractivity contribution in [2.24, 2.45) is 10.7 Å². The number of rotatable bonds is 1. The second kappa shape index (κ2) is 3.17. The highest BCUT2D eigenvalue weighted by Crippen LogP contribution is 2.05. The number of nitrogens with two attached hydrogens (primary N) is 1. The van der Waals surface area contributed by atoms with Gasteiger partial charge in [0.1, 0.15) is 5.83 Å². The molecule has 0 atom stereocenters. The Morgan fingerprint density at radius 1 is 1.44 bits per heavy atom. The van der Waals surface area contributed by atoms with E-state index in [-0.39, 0.29) is 0 Å². The Hall–Kier alpha value is -0.930. The van der Waals surface area contributed by atoms with Crippen LogP contribution in [0.5, 0.6) is 0 Å². The van der Waals surface area contributed by atoms with Crippen molar-refractivity contribution in [1.29, 1.82) is 0 Å². The summed E-state index contributed by atoms with van der Waals surface area (Å²) < 4.78 is 24.0. The van der Waals surface area contributed by atoms with Crippen LogP contribution >= 0.6 is 0 Å². The summed E-state index contributed by atoms with van der Waals surface area (Å²) in [6.45, 7) is 0.980. The average Bonchev–Trinajstić information content (AvgIpc) is 1.84. The Morgan fingerprint density at radius 2 is 1.89 bits per heavy atom. The molecule has 0 aromatic rings. The fraction of sp³-hybridized carbons (Fsp3) is 0.400. The molecule has 0 unspecified atom stereocenters. The van der Waals surface area contributed by atoms with Crippen LogP contribution < -0.4 is 5.73 Å². The lowest BCUT2D eigenvalue weighted by Crippen LogP contribution is -2.12. The van der Waals surface area contributed by atoms with Crippen molar-refractivity contribution in [3.63, 3.8) is 0 Å². The van der Waals surface area contributed by atoms with Crippen molar-refractivity contribution in [3.8, 4) is 0 Å². The molecule has 2 nitrogen and oxygen atoms in total. The molecule has 0 aromatic heterocycles. The second-order valence-electron chi connectivity index (χ2n) is 1.46. The van der Waals surface area contributed by atoms with Gasteiger partial charge in [0.2, 0.25) is 0 Å². The first kappa shape index (κ1) is 8.07. The van der Waals surface area contributed by atoms with Crippen LogP contribution in [0.2, 0.25) is 0 Å². The van der Waals surface area contributed by atoms with Gasteiger partial charge in [0.25, 0.3) is 0 Å². The minimum atomic E-state index is -1.09. The normalized spacial score (nSPS) is 15.3. The van der Waals surface area contributed by atoms with Crippen LogP contribution in [0.15, 0.2) is 16.6 Å². The lowest BCUT2D eigenvalue weighted by Gasteiger charge is -1.92. The average molecular weight is 134 g/mol. The van der Waals surface area contributed by atoms with Crippen molar-refractivity contribution in [2.45, 2.75) is 6.92 Å². The number of aliphatic imine (C=N–C) groups is 1. The van der Waals surface area contributed by atoms with Crippen molar-refractivity contribution < 1.29 is 8.78 Å². The van der Waals surface area contributed by atoms with Gasteiger partial charge in [0, 0.05) is 7.05 Å². The van der Waals surface area contributed by atoms with Gasteiger partial charge < -0.3 is 5.73 Å². The SMILES string of the molecule is CN=C(N)/C(F)=C(/C)F. The molecule has 0 bridgehead atoms. The summed E-state index contributed by atoms with van der Waals surface area (Å²) in [5.74, 6) is -2.44. The molecule has 0 saturated carbocycles. The van der Waals surface area contributed by atoms with Crippen molar-refractivity contribution in [3.05, 3.63) is 11.7 Å². The van der Waals surface area contributed by atoms with Gasteiger partial charge in [-0.3, -0.25) is 4.99 Å². The molecule has 4 heteroatoms. The fourth-order valence-electron chi connectivity index (χ4n) is 0.275. The predicted octanol–water partition coefficient (Wildman–Crippen LogP) is 1.14. The van der Waals surface area contributed by atoms with Gasteiger partial charge in [-0.25, -0.2) is 8.78 Å². The molecule has 0 aromatic carbocycles. The third kappa shape index (κ3) is 2.21. The molecule has 52 valence electrons. The fourth-order valence-corrected chi connectivity index (χ4v) is 0.275. The highest BCUT2D eigenvalue weighted by Gasteiger charge is 2.03. The third-order valence-corrected chi connectivity index (χ3v) is 0.768. The first-order valence-corrected chi connectivity index (χ1v) is 2.34. The summed E-state index contributed by atoms with van der Waals surface area (Å²) in [5, 5.41) is 0. The van der Waals surface area contributed by atoms with Gasteiger partial charge in [-0.05, 0) is 6.92 Å². The summed E-state index contributed by atoms with van der Waals surface area (Å²) in [6, 6.07) is 0. The van der Waals surface area contributed by atoms with E-state index in [1.54, 1.807) is 0 Å². The smallest absolute Gasteiger partial charge is 0.195 e. The molecular weight excluding hydrogens is 126 g/mol. The van der Waals surface area contributed by atoms with E-state index in [0.29, 0.717) is 0 Å². The molecule has 2 N–H and O–H groups in total. The first-order valence-electron chi connectivity index (χ1n) is 2.34. The summed E-state index contributed by atoms with van der Waals surface area (Å²) >= 11 is 0. The van der Waals surface area contributed by atoms with Crippen LogP contribution in [0.1, 0.15) is 6.92 Å². The molecule has 0 fully saturated rings. The quantitative estimate of drug-likeness (QED) is 0.424. The van der Waals surface area contributed by atoms with Crippen LogP contribution in [0.4, 0.5) is 8.78 Å². The summed E-state index contributed by atoms with van der Waals surface area (Å²) in [4.78, 5) is 3.23. The molecule has 0 radical (unpaired) electrons. The lowest BCUT2D eigenvalue weighted by molar-refractivity contribution is 0.563. The number of halogens is 2. The maximum atomic E-state index is 12.2. The largest absolute Gasteiger partial charge is 0.381 e. The second-order valence-corrected chi connectivity index (χ2v) is 1.46. The molecule has 0 heterocycles. The number of allylic oxidation sites excluding steroid dienone is 1. The number of amidine groups is 1. The Morgan fingerprint density at radius 3 is 2.00 bits per heavy atom. The van der Waals surface area contributed by atoms with Crippen molar-refractivity contribution in [2.75, 3.05) is 7.05 Å². The Balaban J connectivity index is 4.40. The van der Waals surface area contributed by atoms with Gasteiger partial charge in [0.15, 0.2) is 11.7 Å². The Labute approximate surface area is 52.1 Å². The Bertz CT molecular complexity index is 156. The predicted molar refractivity (Wildman–Crippen MR) is 32.5 cm³/mol. The molecule has 0 aliphatic carbocycles. The van der Waals surface area contributed by atoms with Gasteiger partial charge in [-0.2, -0.15) is 0 Å².